The fourth-order valence-electron chi connectivity index (χ4n) is 3.51. The summed E-state index contributed by atoms with van der Waals surface area (Å²) >= 11 is 0. The van der Waals surface area contributed by atoms with E-state index in [1.165, 1.54) is 36.4 Å². The van der Waals surface area contributed by atoms with Crippen molar-refractivity contribution in [3.8, 4) is 17.2 Å². The fraction of sp³-hybridized carbons (Fsp3) is 0.320. The van der Waals surface area contributed by atoms with Crippen molar-refractivity contribution in [3.63, 3.8) is 0 Å². The molecule has 2 aromatic rings. The number of benzene rings is 2. The molecular formula is C25H29NO12. The normalized spacial score (nSPS) is 23.6. The van der Waals surface area contributed by atoms with Crippen LogP contribution >= 0.6 is 0 Å². The van der Waals surface area contributed by atoms with Crippen LogP contribution in [0.15, 0.2) is 48.5 Å². The predicted molar refractivity (Wildman–Crippen MR) is 130 cm³/mol. The van der Waals surface area contributed by atoms with Gasteiger partial charge in [-0.3, -0.25) is 4.79 Å². The van der Waals surface area contributed by atoms with E-state index in [0.29, 0.717) is 5.56 Å². The zero-order valence-corrected chi connectivity index (χ0v) is 19.9. The van der Waals surface area contributed by atoms with Crippen LogP contribution in [0.4, 0.5) is 0 Å². The van der Waals surface area contributed by atoms with E-state index in [9.17, 15) is 39.9 Å². The molecule has 13 nitrogen and oxygen atoms in total. The number of phenols is 3. The smallest absolute Gasteiger partial charge is 0.335 e. The van der Waals surface area contributed by atoms with Gasteiger partial charge in [0.15, 0.2) is 17.1 Å². The summed E-state index contributed by atoms with van der Waals surface area (Å²) in [7, 11) is 0. The lowest BCUT2D eigenvalue weighted by molar-refractivity contribution is -0.196. The lowest BCUT2D eigenvalue weighted by Gasteiger charge is -2.39. The molecule has 1 aliphatic carbocycles. The van der Waals surface area contributed by atoms with Crippen LogP contribution in [0.25, 0.3) is 6.08 Å². The van der Waals surface area contributed by atoms with E-state index in [4.69, 9.17) is 25.8 Å². The van der Waals surface area contributed by atoms with Crippen LogP contribution in [0.3, 0.4) is 0 Å². The summed E-state index contributed by atoms with van der Waals surface area (Å²) in [5.41, 5.74) is 4.19. The molecular weight excluding hydrogens is 506 g/mol. The van der Waals surface area contributed by atoms with E-state index >= 15 is 0 Å². The van der Waals surface area contributed by atoms with Crippen molar-refractivity contribution in [3.05, 3.63) is 59.7 Å². The summed E-state index contributed by atoms with van der Waals surface area (Å²) in [6, 6.07) is 9.26. The topological polar surface area (TPSA) is 248 Å². The summed E-state index contributed by atoms with van der Waals surface area (Å²) in [5.74, 6) is -4.10. The minimum Gasteiger partial charge on any atom is -0.508 e. The van der Waals surface area contributed by atoms with E-state index in [0.717, 1.165) is 11.6 Å². The summed E-state index contributed by atoms with van der Waals surface area (Å²) < 4.78 is 4.92. The van der Waals surface area contributed by atoms with Crippen LogP contribution in [-0.4, -0.2) is 88.7 Å². The molecule has 1 fully saturated rings. The molecule has 0 aliphatic heterocycles. The van der Waals surface area contributed by atoms with Crippen molar-refractivity contribution in [2.45, 2.75) is 49.2 Å². The number of aliphatic hydroxyl groups is 3. The number of aliphatic hydroxyl groups excluding tert-OH is 2. The number of carbonyl (C=O) groups is 3. The summed E-state index contributed by atoms with van der Waals surface area (Å²) in [5, 5.41) is 74.5. The first-order valence-corrected chi connectivity index (χ1v) is 11.2. The van der Waals surface area contributed by atoms with Gasteiger partial charge < -0.3 is 51.3 Å². The fourth-order valence-corrected chi connectivity index (χ4v) is 3.51. The Morgan fingerprint density at radius 2 is 1.63 bits per heavy atom. The highest BCUT2D eigenvalue weighted by Crippen LogP contribution is 2.31. The Labute approximate surface area is 216 Å². The van der Waals surface area contributed by atoms with Gasteiger partial charge in [0.05, 0.1) is 6.10 Å². The van der Waals surface area contributed by atoms with Gasteiger partial charge in [-0.15, -0.1) is 0 Å². The van der Waals surface area contributed by atoms with E-state index in [-0.39, 0.29) is 23.7 Å². The second-order valence-corrected chi connectivity index (χ2v) is 8.68. The van der Waals surface area contributed by atoms with E-state index < -0.39 is 60.7 Å². The monoisotopic (exact) mass is 535 g/mol. The minimum atomic E-state index is -2.31. The number of aromatic hydroxyl groups is 3. The summed E-state index contributed by atoms with van der Waals surface area (Å²) in [4.78, 5) is 33.3. The van der Waals surface area contributed by atoms with Crippen LogP contribution in [0.1, 0.15) is 24.0 Å². The molecule has 0 aromatic heterocycles. The lowest BCUT2D eigenvalue weighted by atomic mass is 9.79. The van der Waals surface area contributed by atoms with Crippen LogP contribution in [0, 0.1) is 0 Å². The molecule has 1 saturated carbocycles. The molecule has 0 heterocycles. The molecule has 10 N–H and O–H groups in total. The number of nitrogens with two attached hydrogens (primary N) is 1. The molecule has 5 atom stereocenters. The van der Waals surface area contributed by atoms with Gasteiger partial charge in [0.25, 0.3) is 0 Å². The number of carbonyl (C=O) groups excluding carboxylic acids is 1. The molecule has 0 radical (unpaired) electrons. The first-order chi connectivity index (χ1) is 17.7. The second kappa shape index (κ2) is 12.9. The van der Waals surface area contributed by atoms with E-state index in [1.807, 2.05) is 0 Å². The molecule has 0 bridgehead atoms. The van der Waals surface area contributed by atoms with E-state index in [1.54, 1.807) is 12.1 Å². The molecule has 0 saturated heterocycles. The Hall–Kier alpha value is -4.17. The van der Waals surface area contributed by atoms with Gasteiger partial charge in [-0.2, -0.15) is 0 Å². The third-order valence-electron chi connectivity index (χ3n) is 5.65. The first-order valence-electron chi connectivity index (χ1n) is 11.2. The molecule has 0 spiro atoms. The highest BCUT2D eigenvalue weighted by molar-refractivity contribution is 5.87. The zero-order valence-electron chi connectivity index (χ0n) is 19.9. The number of rotatable bonds is 7. The molecule has 0 unspecified atom stereocenters. The molecule has 13 heteroatoms. The van der Waals surface area contributed by atoms with Gasteiger partial charge >= 0.3 is 17.9 Å². The van der Waals surface area contributed by atoms with Gasteiger partial charge in [-0.1, -0.05) is 18.2 Å². The number of esters is 1. The number of aliphatic carboxylic acids is 2. The van der Waals surface area contributed by atoms with Gasteiger partial charge in [0.2, 0.25) is 0 Å². The van der Waals surface area contributed by atoms with Gasteiger partial charge in [-0.25, -0.2) is 9.59 Å². The van der Waals surface area contributed by atoms with Crippen molar-refractivity contribution in [1.29, 1.82) is 0 Å². The second-order valence-electron chi connectivity index (χ2n) is 8.68. The lowest BCUT2D eigenvalue weighted by Crippen LogP contribution is -2.57. The maximum Gasteiger partial charge on any atom is 0.335 e. The van der Waals surface area contributed by atoms with Crippen LogP contribution in [0.5, 0.6) is 17.2 Å². The number of carboxylic acid groups (broad SMARTS) is 2. The van der Waals surface area contributed by atoms with Gasteiger partial charge in [0, 0.05) is 18.9 Å². The number of hydrogen-bond acceptors (Lipinski definition) is 11. The molecule has 2 aromatic carbocycles. The number of hydrogen-bond donors (Lipinski definition) is 9. The van der Waals surface area contributed by atoms with Crippen LogP contribution < -0.4 is 5.73 Å². The minimum absolute atomic E-state index is 0.160. The maximum atomic E-state index is 11.8. The molecule has 0 amide bonds. The average Bonchev–Trinajstić information content (AvgIpc) is 2.84. The highest BCUT2D eigenvalue weighted by Gasteiger charge is 2.50. The van der Waals surface area contributed by atoms with Crippen molar-refractivity contribution in [1.82, 2.24) is 0 Å². The first kappa shape index (κ1) is 30.1. The Balaban J connectivity index is 0.000000328. The van der Waals surface area contributed by atoms with E-state index in [2.05, 4.69) is 0 Å². The standard InChI is InChI=1S/C16H18O9.C9H11NO3/c17-9-3-1-8(5-10(9)18)2-4-13(20)25-12-7-16(24,15(22)23)6-11(19)14(12)21;10-8(9(12)13)5-6-1-3-7(11)4-2-6/h1-5,11-12,14,17-19,21,24H,6-7H2,(H,22,23);1-4,8,11H,5,10H2,(H,12,13)/b4-2+;/t11-,12-,14-,16+;8-/m10/s1. The van der Waals surface area contributed by atoms with Crippen molar-refractivity contribution < 1.29 is 60.0 Å². The predicted octanol–water partition coefficient (Wildman–Crippen LogP) is -0.299. The third kappa shape index (κ3) is 8.45. The van der Waals surface area contributed by atoms with Crippen molar-refractivity contribution in [2.24, 2.45) is 5.73 Å². The number of carboxylic acids is 2. The zero-order chi connectivity index (χ0) is 28.6. The molecule has 206 valence electrons. The Kier molecular flexibility index (Phi) is 10.2. The Bertz CT molecular complexity index is 1170. The number of ether oxygens (including phenoxy) is 1. The quantitative estimate of drug-likeness (QED) is 0.126. The number of phenolic OH excluding ortho intramolecular Hbond substituents is 3. The summed E-state index contributed by atoms with van der Waals surface area (Å²) in [6.07, 6.45) is -3.17. The van der Waals surface area contributed by atoms with Gasteiger partial charge in [-0.05, 0) is 47.9 Å². The molecule has 1 aliphatic rings. The summed E-state index contributed by atoms with van der Waals surface area (Å²) in [6.45, 7) is 0. The highest BCUT2D eigenvalue weighted by atomic mass is 16.6. The van der Waals surface area contributed by atoms with Crippen molar-refractivity contribution >= 4 is 24.0 Å². The molecule has 38 heavy (non-hydrogen) atoms. The Morgan fingerprint density at radius 1 is 1.00 bits per heavy atom. The van der Waals surface area contributed by atoms with Crippen molar-refractivity contribution in [2.75, 3.05) is 0 Å². The van der Waals surface area contributed by atoms with Crippen LogP contribution in [0.2, 0.25) is 0 Å². The molecule has 3 rings (SSSR count). The average molecular weight is 536 g/mol. The third-order valence-corrected chi connectivity index (χ3v) is 5.65. The Morgan fingerprint density at radius 3 is 2.18 bits per heavy atom. The van der Waals surface area contributed by atoms with Crippen LogP contribution in [-0.2, 0) is 25.5 Å². The maximum absolute atomic E-state index is 11.8. The van der Waals surface area contributed by atoms with Gasteiger partial charge in [0.1, 0.15) is 24.0 Å². The SMILES string of the molecule is N[C@@H](Cc1ccc(O)cc1)C(=O)O.O=C(/C=C/c1ccc(O)c(O)c1)O[C@@H]1C[C@](O)(C(=O)O)C[C@@H](O)[C@H]1O. The largest absolute Gasteiger partial charge is 0.508 e.